The maximum Gasteiger partial charge on any atom is 0.244 e. The van der Waals surface area contributed by atoms with E-state index < -0.39 is 0 Å². The first-order chi connectivity index (χ1) is 9.76. The lowest BCUT2D eigenvalue weighted by Crippen LogP contribution is -2.21. The van der Waals surface area contributed by atoms with Crippen LogP contribution in [0.4, 0.5) is 0 Å². The summed E-state index contributed by atoms with van der Waals surface area (Å²) in [5, 5.41) is 16.5. The number of allylic oxidation sites excluding steroid dienone is 1. The van der Waals surface area contributed by atoms with E-state index in [1.807, 2.05) is 19.1 Å². The van der Waals surface area contributed by atoms with Crippen LogP contribution in [0.2, 0.25) is 0 Å². The maximum atomic E-state index is 9.41. The Kier molecular flexibility index (Phi) is 2.88. The lowest BCUT2D eigenvalue weighted by molar-refractivity contribution is 0.378. The van der Waals surface area contributed by atoms with Crippen LogP contribution >= 0.6 is 0 Å². The second-order valence-electron chi connectivity index (χ2n) is 4.48. The summed E-state index contributed by atoms with van der Waals surface area (Å²) in [6, 6.07) is 5.90. The van der Waals surface area contributed by atoms with E-state index in [9.17, 15) is 5.26 Å². The van der Waals surface area contributed by atoms with E-state index in [0.29, 0.717) is 11.5 Å². The number of nitrogens with one attached hydrogen (secondary N) is 1. The highest BCUT2D eigenvalue weighted by atomic mass is 16.5. The first-order valence-electron chi connectivity index (χ1n) is 6.30. The Morgan fingerprint density at radius 3 is 2.85 bits per heavy atom. The van der Waals surface area contributed by atoms with E-state index in [1.165, 1.54) is 0 Å². The van der Waals surface area contributed by atoms with Crippen molar-refractivity contribution < 1.29 is 4.74 Å². The van der Waals surface area contributed by atoms with Gasteiger partial charge in [-0.3, -0.25) is 10.1 Å². The molecule has 100 valence electrons. The minimum absolute atomic E-state index is 0.107. The number of nitriles is 1. The van der Waals surface area contributed by atoms with Crippen LogP contribution in [0.3, 0.4) is 0 Å². The highest BCUT2D eigenvalue weighted by Gasteiger charge is 2.34. The number of H-pyrrole nitrogens is 1. The second kappa shape index (κ2) is 4.70. The number of rotatable bonds is 2. The third-order valence-corrected chi connectivity index (χ3v) is 3.41. The molecule has 1 aliphatic heterocycles. The lowest BCUT2D eigenvalue weighted by atomic mass is 9.84. The molecule has 3 rings (SSSR count). The molecule has 1 aliphatic rings. The van der Waals surface area contributed by atoms with E-state index in [0.717, 1.165) is 23.2 Å². The Bertz CT molecular complexity index is 711. The third-order valence-electron chi connectivity index (χ3n) is 3.41. The van der Waals surface area contributed by atoms with Gasteiger partial charge in [0.2, 0.25) is 11.8 Å². The van der Waals surface area contributed by atoms with Crippen molar-refractivity contribution in [1.29, 1.82) is 5.26 Å². The quantitative estimate of drug-likeness (QED) is 0.860. The normalized spacial score (nSPS) is 17.3. The molecule has 0 aromatic carbocycles. The molecule has 20 heavy (non-hydrogen) atoms. The van der Waals surface area contributed by atoms with Crippen molar-refractivity contribution in [2.75, 3.05) is 0 Å². The van der Waals surface area contributed by atoms with Gasteiger partial charge in [-0.1, -0.05) is 6.92 Å². The molecule has 0 aliphatic carbocycles. The van der Waals surface area contributed by atoms with Crippen molar-refractivity contribution in [3.63, 3.8) is 0 Å². The van der Waals surface area contributed by atoms with Crippen LogP contribution in [0.25, 0.3) is 0 Å². The number of ether oxygens (including phenoxy) is 1. The summed E-state index contributed by atoms with van der Waals surface area (Å²) in [5.74, 6) is 0.288. The largest absolute Gasteiger partial charge is 0.420 e. The van der Waals surface area contributed by atoms with E-state index in [-0.39, 0.29) is 11.8 Å². The van der Waals surface area contributed by atoms with Gasteiger partial charge in [-0.25, -0.2) is 0 Å². The van der Waals surface area contributed by atoms with Crippen molar-refractivity contribution in [1.82, 2.24) is 15.2 Å². The number of nitrogens with two attached hydrogens (primary N) is 1. The molecule has 0 spiro atoms. The molecule has 6 nitrogen and oxygen atoms in total. The Hall–Kier alpha value is -2.81. The summed E-state index contributed by atoms with van der Waals surface area (Å²) in [7, 11) is 0. The summed E-state index contributed by atoms with van der Waals surface area (Å²) in [6.07, 6.45) is 4.16. The zero-order valence-corrected chi connectivity index (χ0v) is 10.9. The molecule has 0 radical (unpaired) electrons. The molecule has 0 unspecified atom stereocenters. The fraction of sp³-hybridized carbons (Fsp3) is 0.214. The maximum absolute atomic E-state index is 9.41. The number of aryl methyl sites for hydroxylation is 1. The molecule has 0 saturated heterocycles. The van der Waals surface area contributed by atoms with Gasteiger partial charge in [-0.2, -0.15) is 5.26 Å². The number of aromatic amines is 1. The molecule has 1 atom stereocenters. The minimum atomic E-state index is -0.263. The third kappa shape index (κ3) is 1.72. The molecule has 6 heteroatoms. The van der Waals surface area contributed by atoms with Crippen molar-refractivity contribution in [3.05, 3.63) is 52.8 Å². The highest BCUT2D eigenvalue weighted by Crippen LogP contribution is 2.42. The van der Waals surface area contributed by atoms with Crippen LogP contribution in [0, 0.1) is 11.3 Å². The molecule has 3 heterocycles. The molecule has 0 saturated carbocycles. The van der Waals surface area contributed by atoms with Gasteiger partial charge in [-0.15, -0.1) is 5.10 Å². The number of aromatic nitrogens is 3. The smallest absolute Gasteiger partial charge is 0.244 e. The zero-order valence-electron chi connectivity index (χ0n) is 10.9. The molecule has 2 aromatic heterocycles. The number of pyridine rings is 1. The van der Waals surface area contributed by atoms with Crippen LogP contribution < -0.4 is 10.5 Å². The van der Waals surface area contributed by atoms with Crippen molar-refractivity contribution in [2.24, 2.45) is 5.73 Å². The monoisotopic (exact) mass is 267 g/mol. The van der Waals surface area contributed by atoms with Gasteiger partial charge >= 0.3 is 0 Å². The number of hydrogen-bond acceptors (Lipinski definition) is 5. The van der Waals surface area contributed by atoms with E-state index in [4.69, 9.17) is 10.5 Å². The lowest BCUT2D eigenvalue weighted by Gasteiger charge is -2.23. The van der Waals surface area contributed by atoms with E-state index in [2.05, 4.69) is 21.3 Å². The molecular formula is C14H13N5O. The summed E-state index contributed by atoms with van der Waals surface area (Å²) < 4.78 is 5.45. The van der Waals surface area contributed by atoms with Crippen LogP contribution in [-0.2, 0) is 6.42 Å². The number of fused-ring (bicyclic) bond motifs is 1. The van der Waals surface area contributed by atoms with Gasteiger partial charge in [0.25, 0.3) is 0 Å². The van der Waals surface area contributed by atoms with Gasteiger partial charge in [0.15, 0.2) is 0 Å². The van der Waals surface area contributed by atoms with Gasteiger partial charge < -0.3 is 10.5 Å². The summed E-state index contributed by atoms with van der Waals surface area (Å²) in [6.45, 7) is 2.02. The highest BCUT2D eigenvalue weighted by molar-refractivity contribution is 5.54. The van der Waals surface area contributed by atoms with E-state index >= 15 is 0 Å². The summed E-state index contributed by atoms with van der Waals surface area (Å²) in [4.78, 5) is 4.01. The second-order valence-corrected chi connectivity index (χ2v) is 4.48. The Morgan fingerprint density at radius 1 is 1.45 bits per heavy atom. The summed E-state index contributed by atoms with van der Waals surface area (Å²) >= 11 is 0. The average Bonchev–Trinajstić information content (AvgIpc) is 2.89. The predicted molar refractivity (Wildman–Crippen MR) is 71.5 cm³/mol. The van der Waals surface area contributed by atoms with Gasteiger partial charge in [-0.05, 0) is 24.1 Å². The van der Waals surface area contributed by atoms with Gasteiger partial charge in [0.1, 0.15) is 11.6 Å². The first-order valence-corrected chi connectivity index (χ1v) is 6.30. The van der Waals surface area contributed by atoms with Crippen molar-refractivity contribution >= 4 is 0 Å². The Morgan fingerprint density at radius 2 is 2.20 bits per heavy atom. The minimum Gasteiger partial charge on any atom is -0.420 e. The fourth-order valence-corrected chi connectivity index (χ4v) is 2.47. The fourth-order valence-electron chi connectivity index (χ4n) is 2.47. The van der Waals surface area contributed by atoms with Crippen LogP contribution in [0.1, 0.15) is 29.7 Å². The van der Waals surface area contributed by atoms with Crippen LogP contribution in [-0.4, -0.2) is 15.2 Å². The first kappa shape index (κ1) is 12.2. The molecule has 0 fully saturated rings. The molecular weight excluding hydrogens is 254 g/mol. The van der Waals surface area contributed by atoms with Crippen LogP contribution in [0.5, 0.6) is 5.88 Å². The van der Waals surface area contributed by atoms with Gasteiger partial charge in [0.05, 0.1) is 5.92 Å². The SMILES string of the molecule is CCc1[nH]nc2c1[C@H](c1ccncc1)C(C#N)=C(N)O2. The Balaban J connectivity index is 2.24. The number of nitrogens with zero attached hydrogens (tertiary/aromatic N) is 3. The van der Waals surface area contributed by atoms with Gasteiger partial charge in [0, 0.05) is 23.7 Å². The zero-order chi connectivity index (χ0) is 14.1. The standard InChI is InChI=1S/C14H13N5O/c1-2-10-12-11(8-3-5-17-6-4-8)9(7-15)13(16)20-14(12)19-18-10/h3-6,11H,2,16H2,1H3,(H,18,19)/t11-/m1/s1. The molecule has 0 amide bonds. The Labute approximate surface area is 115 Å². The topological polar surface area (TPSA) is 101 Å². The average molecular weight is 267 g/mol. The summed E-state index contributed by atoms with van der Waals surface area (Å²) in [5.41, 5.74) is 9.02. The van der Waals surface area contributed by atoms with Crippen molar-refractivity contribution in [2.45, 2.75) is 19.3 Å². The predicted octanol–water partition coefficient (Wildman–Crippen LogP) is 1.59. The molecule has 3 N–H and O–H groups in total. The number of hydrogen-bond donors (Lipinski definition) is 2. The van der Waals surface area contributed by atoms with Crippen LogP contribution in [0.15, 0.2) is 36.0 Å². The van der Waals surface area contributed by atoms with E-state index in [1.54, 1.807) is 12.4 Å². The van der Waals surface area contributed by atoms with Crippen molar-refractivity contribution in [3.8, 4) is 11.9 Å². The molecule has 2 aromatic rings. The molecule has 0 bridgehead atoms.